The number of allylic oxidation sites excluding steroid dienone is 1. The second kappa shape index (κ2) is 7.50. The van der Waals surface area contributed by atoms with Crippen LogP contribution in [-0.2, 0) is 16.0 Å². The van der Waals surface area contributed by atoms with E-state index in [0.717, 1.165) is 59.6 Å². The van der Waals surface area contributed by atoms with Crippen LogP contribution >= 0.6 is 0 Å². The molecular formula is C23H24N2O3. The summed E-state index contributed by atoms with van der Waals surface area (Å²) >= 11 is 0. The smallest absolute Gasteiger partial charge is 0.248 e. The van der Waals surface area contributed by atoms with Gasteiger partial charge in [-0.1, -0.05) is 12.1 Å². The molecule has 0 spiro atoms. The number of nitrogens with zero attached hydrogens (tertiary/aromatic N) is 1. The molecule has 1 aliphatic carbocycles. The Morgan fingerprint density at radius 3 is 2.57 bits per heavy atom. The average Bonchev–Trinajstić information content (AvgIpc) is 3.47. The molecule has 0 bridgehead atoms. The number of nitrogens with one attached hydrogen (secondary N) is 1. The first-order valence-electron chi connectivity index (χ1n) is 9.63. The van der Waals surface area contributed by atoms with Gasteiger partial charge in [0.2, 0.25) is 11.8 Å². The molecule has 1 saturated carbocycles. The van der Waals surface area contributed by atoms with Crippen molar-refractivity contribution < 1.29 is 14.3 Å². The third kappa shape index (κ3) is 3.79. The number of fused-ring (bicyclic) bond motifs is 1. The van der Waals surface area contributed by atoms with E-state index in [1.807, 2.05) is 54.3 Å². The van der Waals surface area contributed by atoms with Crippen molar-refractivity contribution in [3.05, 3.63) is 59.7 Å². The molecule has 2 aromatic rings. The number of carbonyl (C=O) groups excluding carboxylic acids is 2. The number of methoxy groups -OCH3 is 1. The number of benzene rings is 2. The Hall–Kier alpha value is -3.08. The highest BCUT2D eigenvalue weighted by Crippen LogP contribution is 2.37. The molecule has 1 N–H and O–H groups in total. The predicted molar refractivity (Wildman–Crippen MR) is 110 cm³/mol. The topological polar surface area (TPSA) is 58.6 Å². The van der Waals surface area contributed by atoms with Crippen molar-refractivity contribution in [1.82, 2.24) is 0 Å². The third-order valence-electron chi connectivity index (χ3n) is 5.33. The Morgan fingerprint density at radius 1 is 1.14 bits per heavy atom. The zero-order valence-corrected chi connectivity index (χ0v) is 16.2. The molecule has 5 heteroatoms. The molecule has 0 saturated heterocycles. The van der Waals surface area contributed by atoms with Crippen molar-refractivity contribution in [2.45, 2.75) is 26.2 Å². The summed E-state index contributed by atoms with van der Waals surface area (Å²) in [6.45, 7) is 2.64. The minimum atomic E-state index is -0.169. The number of hydrogen-bond acceptors (Lipinski definition) is 3. The normalized spacial score (nSPS) is 15.9. The lowest BCUT2D eigenvalue weighted by Crippen LogP contribution is -2.30. The zero-order chi connectivity index (χ0) is 19.7. The van der Waals surface area contributed by atoms with Crippen LogP contribution < -0.4 is 15.0 Å². The maximum absolute atomic E-state index is 12.4. The van der Waals surface area contributed by atoms with Crippen LogP contribution in [0.3, 0.4) is 0 Å². The van der Waals surface area contributed by atoms with E-state index in [0.29, 0.717) is 0 Å². The van der Waals surface area contributed by atoms with Crippen LogP contribution in [-0.4, -0.2) is 25.5 Å². The Labute approximate surface area is 165 Å². The van der Waals surface area contributed by atoms with E-state index in [2.05, 4.69) is 5.32 Å². The monoisotopic (exact) mass is 376 g/mol. The van der Waals surface area contributed by atoms with E-state index in [9.17, 15) is 9.59 Å². The van der Waals surface area contributed by atoms with Crippen LogP contribution in [0.5, 0.6) is 5.75 Å². The van der Waals surface area contributed by atoms with Gasteiger partial charge in [0.15, 0.2) is 0 Å². The van der Waals surface area contributed by atoms with Gasteiger partial charge in [0.25, 0.3) is 0 Å². The maximum atomic E-state index is 12.4. The first-order valence-corrected chi connectivity index (χ1v) is 9.63. The highest BCUT2D eigenvalue weighted by Gasteiger charge is 2.36. The second-order valence-corrected chi connectivity index (χ2v) is 7.40. The standard InChI is InChI=1S/C23H24N2O3/c1-15(16-5-8-20(28-2)9-6-16)13-22(26)24-19-7-10-21-18(14-19)11-12-25(21)23(27)17-3-4-17/h5-10,13-14,17H,3-4,11-12H2,1-2H3,(H,24,26)/b15-13+. The fraction of sp³-hybridized carbons (Fsp3) is 0.304. The third-order valence-corrected chi connectivity index (χ3v) is 5.33. The molecule has 5 nitrogen and oxygen atoms in total. The van der Waals surface area contributed by atoms with Crippen molar-refractivity contribution >= 4 is 28.8 Å². The fourth-order valence-corrected chi connectivity index (χ4v) is 3.57. The molecule has 2 amide bonds. The van der Waals surface area contributed by atoms with Crippen LogP contribution in [0, 0.1) is 5.92 Å². The van der Waals surface area contributed by atoms with Crippen LogP contribution in [0.1, 0.15) is 30.9 Å². The molecular weight excluding hydrogens is 352 g/mol. The zero-order valence-electron chi connectivity index (χ0n) is 16.2. The lowest BCUT2D eigenvalue weighted by molar-refractivity contribution is -0.119. The van der Waals surface area contributed by atoms with Crippen LogP contribution in [0.15, 0.2) is 48.5 Å². The predicted octanol–water partition coefficient (Wildman–Crippen LogP) is 4.04. The number of ether oxygens (including phenoxy) is 1. The number of carbonyl (C=O) groups is 2. The van der Waals surface area contributed by atoms with Crippen LogP contribution in [0.2, 0.25) is 0 Å². The van der Waals surface area contributed by atoms with Gasteiger partial charge in [-0.2, -0.15) is 0 Å². The van der Waals surface area contributed by atoms with Crippen LogP contribution in [0.4, 0.5) is 11.4 Å². The fourth-order valence-electron chi connectivity index (χ4n) is 3.57. The first-order chi connectivity index (χ1) is 13.5. The summed E-state index contributed by atoms with van der Waals surface area (Å²) in [6, 6.07) is 13.4. The van der Waals surface area contributed by atoms with E-state index in [1.165, 1.54) is 0 Å². The molecule has 0 atom stereocenters. The minimum Gasteiger partial charge on any atom is -0.497 e. The van der Waals surface area contributed by atoms with Gasteiger partial charge < -0.3 is 15.0 Å². The highest BCUT2D eigenvalue weighted by molar-refractivity contribution is 6.04. The summed E-state index contributed by atoms with van der Waals surface area (Å²) in [7, 11) is 1.63. The molecule has 28 heavy (non-hydrogen) atoms. The molecule has 4 rings (SSSR count). The van der Waals surface area contributed by atoms with Crippen LogP contribution in [0.25, 0.3) is 5.57 Å². The summed E-state index contributed by atoms with van der Waals surface area (Å²) in [6.07, 6.45) is 4.45. The van der Waals surface area contributed by atoms with Crippen molar-refractivity contribution in [3.63, 3.8) is 0 Å². The molecule has 2 aliphatic rings. The summed E-state index contributed by atoms with van der Waals surface area (Å²) in [4.78, 5) is 26.7. The molecule has 0 aromatic heterocycles. The summed E-state index contributed by atoms with van der Waals surface area (Å²) in [5, 5.41) is 2.93. The van der Waals surface area contributed by atoms with E-state index in [1.54, 1.807) is 13.2 Å². The van der Waals surface area contributed by atoms with Gasteiger partial charge in [-0.15, -0.1) is 0 Å². The lowest BCUT2D eigenvalue weighted by atomic mass is 10.1. The van der Waals surface area contributed by atoms with Crippen molar-refractivity contribution in [2.75, 3.05) is 23.9 Å². The van der Waals surface area contributed by atoms with Gasteiger partial charge in [-0.3, -0.25) is 9.59 Å². The van der Waals surface area contributed by atoms with E-state index in [-0.39, 0.29) is 17.7 Å². The van der Waals surface area contributed by atoms with Gasteiger partial charge in [0.05, 0.1) is 7.11 Å². The SMILES string of the molecule is COc1ccc(/C(C)=C/C(=O)Nc2ccc3c(c2)CCN3C(=O)C2CC2)cc1. The highest BCUT2D eigenvalue weighted by atomic mass is 16.5. The number of anilines is 2. The number of rotatable bonds is 5. The quantitative estimate of drug-likeness (QED) is 0.802. The second-order valence-electron chi connectivity index (χ2n) is 7.40. The van der Waals surface area contributed by atoms with E-state index in [4.69, 9.17) is 4.74 Å². The lowest BCUT2D eigenvalue weighted by Gasteiger charge is -2.17. The molecule has 0 radical (unpaired) electrons. The van der Waals surface area contributed by atoms with Gasteiger partial charge in [0.1, 0.15) is 5.75 Å². The summed E-state index contributed by atoms with van der Waals surface area (Å²) < 4.78 is 5.16. The van der Waals surface area contributed by atoms with Gasteiger partial charge in [-0.05, 0) is 73.2 Å². The largest absolute Gasteiger partial charge is 0.497 e. The van der Waals surface area contributed by atoms with Gasteiger partial charge in [-0.25, -0.2) is 0 Å². The Morgan fingerprint density at radius 2 is 1.89 bits per heavy atom. The Balaban J connectivity index is 1.44. The first kappa shape index (κ1) is 18.3. The van der Waals surface area contributed by atoms with Gasteiger partial charge in [0, 0.05) is 29.9 Å². The molecule has 1 heterocycles. The summed E-state index contributed by atoms with van der Waals surface area (Å²) in [5.74, 6) is 1.08. The molecule has 1 aliphatic heterocycles. The summed E-state index contributed by atoms with van der Waals surface area (Å²) in [5.41, 5.74) is 4.70. The maximum Gasteiger partial charge on any atom is 0.248 e. The van der Waals surface area contributed by atoms with Gasteiger partial charge >= 0.3 is 0 Å². The van der Waals surface area contributed by atoms with Crippen molar-refractivity contribution in [1.29, 1.82) is 0 Å². The van der Waals surface area contributed by atoms with Crippen molar-refractivity contribution in [3.8, 4) is 5.75 Å². The van der Waals surface area contributed by atoms with E-state index < -0.39 is 0 Å². The Bertz CT molecular complexity index is 943. The Kier molecular flexibility index (Phi) is 4.90. The number of hydrogen-bond donors (Lipinski definition) is 1. The molecule has 1 fully saturated rings. The number of amides is 2. The molecule has 144 valence electrons. The minimum absolute atomic E-state index is 0.169. The molecule has 2 aromatic carbocycles. The van der Waals surface area contributed by atoms with Crippen molar-refractivity contribution in [2.24, 2.45) is 5.92 Å². The molecule has 0 unspecified atom stereocenters. The van der Waals surface area contributed by atoms with E-state index >= 15 is 0 Å². The average molecular weight is 376 g/mol.